The highest BCUT2D eigenvalue weighted by molar-refractivity contribution is 9.10. The van der Waals surface area contributed by atoms with E-state index in [4.69, 9.17) is 0 Å². The molecule has 0 spiro atoms. The van der Waals surface area contributed by atoms with Gasteiger partial charge in [-0.1, -0.05) is 28.1 Å². The Morgan fingerprint density at radius 2 is 1.77 bits per heavy atom. The van der Waals surface area contributed by atoms with Gasteiger partial charge in [-0.05, 0) is 61.9 Å². The van der Waals surface area contributed by atoms with Crippen LogP contribution >= 0.6 is 15.9 Å². The molecule has 154 valence electrons. The molecule has 0 aliphatic heterocycles. The molecule has 1 aromatic heterocycles. The third-order valence-electron chi connectivity index (χ3n) is 3.91. The standard InChI is InChI=1S/C21H19BrN4O3S/c1-14-12-20(24-15(2)23-14)26-30(28,29)19-9-7-18(8-10-19)25-21(27)11-6-16-4-3-5-17(22)13-16/h3-13H,1-2H3,(H,25,27)(H,23,24,26). The topological polar surface area (TPSA) is 101 Å². The number of aryl methyl sites for hydroxylation is 2. The third-order valence-corrected chi connectivity index (χ3v) is 5.78. The van der Waals surface area contributed by atoms with Gasteiger partial charge < -0.3 is 5.32 Å². The minimum Gasteiger partial charge on any atom is -0.323 e. The number of benzene rings is 2. The number of carbonyl (C=O) groups excluding carboxylic acids is 1. The molecule has 0 saturated carbocycles. The number of amides is 1. The maximum absolute atomic E-state index is 12.6. The van der Waals surface area contributed by atoms with E-state index in [1.165, 1.54) is 30.3 Å². The van der Waals surface area contributed by atoms with E-state index in [1.807, 2.05) is 24.3 Å². The fourth-order valence-electron chi connectivity index (χ4n) is 2.65. The van der Waals surface area contributed by atoms with Gasteiger partial charge in [0.25, 0.3) is 10.0 Å². The molecule has 0 radical (unpaired) electrons. The quantitative estimate of drug-likeness (QED) is 0.505. The average Bonchev–Trinajstić information content (AvgIpc) is 2.66. The number of hydrogen-bond acceptors (Lipinski definition) is 5. The lowest BCUT2D eigenvalue weighted by Crippen LogP contribution is -2.15. The van der Waals surface area contributed by atoms with Crippen LogP contribution in [0.2, 0.25) is 0 Å². The SMILES string of the molecule is Cc1cc(NS(=O)(=O)c2ccc(NC(=O)C=Cc3cccc(Br)c3)cc2)nc(C)n1. The minimum absolute atomic E-state index is 0.0547. The summed E-state index contributed by atoms with van der Waals surface area (Å²) in [4.78, 5) is 20.4. The molecule has 30 heavy (non-hydrogen) atoms. The number of hydrogen-bond donors (Lipinski definition) is 2. The number of nitrogens with one attached hydrogen (secondary N) is 2. The summed E-state index contributed by atoms with van der Waals surface area (Å²) in [7, 11) is -3.81. The molecule has 7 nitrogen and oxygen atoms in total. The molecule has 0 aliphatic rings. The number of rotatable bonds is 6. The number of sulfonamides is 1. The summed E-state index contributed by atoms with van der Waals surface area (Å²) in [6.45, 7) is 3.45. The molecule has 3 rings (SSSR count). The van der Waals surface area contributed by atoms with Gasteiger partial charge in [0.2, 0.25) is 5.91 Å². The van der Waals surface area contributed by atoms with Crippen LogP contribution in [0.5, 0.6) is 0 Å². The van der Waals surface area contributed by atoms with Crippen molar-refractivity contribution in [2.24, 2.45) is 0 Å². The molecule has 1 heterocycles. The summed E-state index contributed by atoms with van der Waals surface area (Å²) in [5, 5.41) is 2.70. The van der Waals surface area contributed by atoms with Crippen LogP contribution in [0.1, 0.15) is 17.1 Å². The van der Waals surface area contributed by atoms with Crippen molar-refractivity contribution in [2.75, 3.05) is 10.0 Å². The molecule has 0 atom stereocenters. The molecule has 0 saturated heterocycles. The van der Waals surface area contributed by atoms with Gasteiger partial charge in [0, 0.05) is 28.0 Å². The fourth-order valence-corrected chi connectivity index (χ4v) is 4.06. The molecule has 0 unspecified atom stereocenters. The third kappa shape index (κ3) is 5.98. The van der Waals surface area contributed by atoms with Gasteiger partial charge in [-0.25, -0.2) is 18.4 Å². The molecular weight excluding hydrogens is 468 g/mol. The van der Waals surface area contributed by atoms with Crippen molar-refractivity contribution in [1.82, 2.24) is 9.97 Å². The maximum Gasteiger partial charge on any atom is 0.263 e. The van der Waals surface area contributed by atoms with E-state index in [2.05, 4.69) is 35.9 Å². The van der Waals surface area contributed by atoms with Gasteiger partial charge >= 0.3 is 0 Å². The zero-order chi connectivity index (χ0) is 21.7. The van der Waals surface area contributed by atoms with Crippen molar-refractivity contribution in [1.29, 1.82) is 0 Å². The number of carbonyl (C=O) groups is 1. The Kier molecular flexibility index (Phi) is 6.63. The van der Waals surface area contributed by atoms with Gasteiger partial charge in [0.05, 0.1) is 4.90 Å². The predicted octanol–water partition coefficient (Wildman–Crippen LogP) is 4.31. The molecule has 3 aromatic rings. The number of aromatic nitrogens is 2. The fraction of sp³-hybridized carbons (Fsp3) is 0.0952. The van der Waals surface area contributed by atoms with Crippen LogP contribution in [0, 0.1) is 13.8 Å². The van der Waals surface area contributed by atoms with Crippen molar-refractivity contribution in [3.8, 4) is 0 Å². The second-order valence-corrected chi connectivity index (χ2v) is 9.05. The van der Waals surface area contributed by atoms with Crippen molar-refractivity contribution in [2.45, 2.75) is 18.7 Å². The zero-order valence-corrected chi connectivity index (χ0v) is 18.7. The molecule has 1 amide bonds. The van der Waals surface area contributed by atoms with Crippen LogP contribution in [-0.2, 0) is 14.8 Å². The van der Waals surface area contributed by atoms with Gasteiger partial charge in [-0.3, -0.25) is 9.52 Å². The predicted molar refractivity (Wildman–Crippen MR) is 121 cm³/mol. The summed E-state index contributed by atoms with van der Waals surface area (Å²) in [6.07, 6.45) is 3.10. The first-order valence-electron chi connectivity index (χ1n) is 8.91. The smallest absolute Gasteiger partial charge is 0.263 e. The van der Waals surface area contributed by atoms with Crippen LogP contribution in [0.25, 0.3) is 6.08 Å². The summed E-state index contributed by atoms with van der Waals surface area (Å²) in [5.74, 6) is 0.354. The minimum atomic E-state index is -3.81. The number of nitrogens with zero attached hydrogens (tertiary/aromatic N) is 2. The summed E-state index contributed by atoms with van der Waals surface area (Å²) in [5.41, 5.74) is 2.02. The number of halogens is 1. The van der Waals surface area contributed by atoms with E-state index >= 15 is 0 Å². The lowest BCUT2D eigenvalue weighted by molar-refractivity contribution is -0.111. The van der Waals surface area contributed by atoms with Crippen LogP contribution < -0.4 is 10.0 Å². The van der Waals surface area contributed by atoms with Crippen LogP contribution in [0.15, 0.2) is 70.0 Å². The Bertz CT molecular complexity index is 1190. The maximum atomic E-state index is 12.6. The van der Waals surface area contributed by atoms with Crippen molar-refractivity contribution < 1.29 is 13.2 Å². The molecule has 2 N–H and O–H groups in total. The van der Waals surface area contributed by atoms with E-state index in [1.54, 1.807) is 26.0 Å². The van der Waals surface area contributed by atoms with Crippen LogP contribution in [0.3, 0.4) is 0 Å². The second-order valence-electron chi connectivity index (χ2n) is 6.45. The Labute approximate surface area is 183 Å². The summed E-state index contributed by atoms with van der Waals surface area (Å²) >= 11 is 3.38. The highest BCUT2D eigenvalue weighted by Gasteiger charge is 2.15. The Hall–Kier alpha value is -3.04. The average molecular weight is 487 g/mol. The van der Waals surface area contributed by atoms with E-state index in [0.29, 0.717) is 17.2 Å². The van der Waals surface area contributed by atoms with Gasteiger partial charge in [0.15, 0.2) is 0 Å². The van der Waals surface area contributed by atoms with Gasteiger partial charge in [-0.2, -0.15) is 0 Å². The molecule has 9 heteroatoms. The highest BCUT2D eigenvalue weighted by Crippen LogP contribution is 2.18. The summed E-state index contributed by atoms with van der Waals surface area (Å²) < 4.78 is 28.5. The van der Waals surface area contributed by atoms with E-state index < -0.39 is 10.0 Å². The monoisotopic (exact) mass is 486 g/mol. The normalized spacial score (nSPS) is 11.4. The lowest BCUT2D eigenvalue weighted by Gasteiger charge is -2.09. The van der Waals surface area contributed by atoms with Crippen LogP contribution in [-0.4, -0.2) is 24.3 Å². The Balaban J connectivity index is 1.67. The first-order chi connectivity index (χ1) is 14.2. The Morgan fingerprint density at radius 3 is 2.43 bits per heavy atom. The highest BCUT2D eigenvalue weighted by atomic mass is 79.9. The van der Waals surface area contributed by atoms with Gasteiger partial charge in [0.1, 0.15) is 11.6 Å². The van der Waals surface area contributed by atoms with Crippen LogP contribution in [0.4, 0.5) is 11.5 Å². The molecule has 2 aromatic carbocycles. The first-order valence-corrected chi connectivity index (χ1v) is 11.2. The molecule has 0 aliphatic carbocycles. The van der Waals surface area contributed by atoms with Crippen molar-refractivity contribution in [3.05, 3.63) is 82.2 Å². The van der Waals surface area contributed by atoms with Crippen molar-refractivity contribution in [3.63, 3.8) is 0 Å². The zero-order valence-electron chi connectivity index (χ0n) is 16.3. The summed E-state index contributed by atoms with van der Waals surface area (Å²) in [6, 6.07) is 15.0. The van der Waals surface area contributed by atoms with Crippen molar-refractivity contribution >= 4 is 49.4 Å². The van der Waals surface area contributed by atoms with E-state index in [9.17, 15) is 13.2 Å². The molecule has 0 bridgehead atoms. The number of anilines is 2. The lowest BCUT2D eigenvalue weighted by atomic mass is 10.2. The van der Waals surface area contributed by atoms with Gasteiger partial charge in [-0.15, -0.1) is 0 Å². The second kappa shape index (κ2) is 9.19. The molecule has 0 fully saturated rings. The Morgan fingerprint density at radius 1 is 1.03 bits per heavy atom. The first kappa shape index (κ1) is 21.7. The largest absolute Gasteiger partial charge is 0.323 e. The van der Waals surface area contributed by atoms with E-state index in [-0.39, 0.29) is 16.6 Å². The molecular formula is C21H19BrN4O3S. The van der Waals surface area contributed by atoms with E-state index in [0.717, 1.165) is 10.0 Å².